The van der Waals surface area contributed by atoms with Gasteiger partial charge in [-0.25, -0.2) is 4.90 Å². The summed E-state index contributed by atoms with van der Waals surface area (Å²) in [6, 6.07) is 12.7. The summed E-state index contributed by atoms with van der Waals surface area (Å²) in [7, 11) is 0. The van der Waals surface area contributed by atoms with Crippen LogP contribution in [0.1, 0.15) is 18.4 Å². The lowest BCUT2D eigenvalue weighted by Crippen LogP contribution is -2.30. The number of ether oxygens (including phenoxy) is 1. The highest BCUT2D eigenvalue weighted by atomic mass is 35.5. The minimum absolute atomic E-state index is 0.146. The minimum atomic E-state index is -0.255. The first-order chi connectivity index (χ1) is 12.5. The molecule has 2 atom stereocenters. The van der Waals surface area contributed by atoms with E-state index in [-0.39, 0.29) is 23.7 Å². The largest absolute Gasteiger partial charge is 0.456 e. The minimum Gasteiger partial charge on any atom is -0.456 e. The zero-order valence-electron chi connectivity index (χ0n) is 14.3. The van der Waals surface area contributed by atoms with Gasteiger partial charge in [0, 0.05) is 0 Å². The Morgan fingerprint density at radius 2 is 1.58 bits per heavy atom. The summed E-state index contributed by atoms with van der Waals surface area (Å²) >= 11 is 6.35. The lowest BCUT2D eigenvalue weighted by Gasteiger charge is -2.16. The van der Waals surface area contributed by atoms with Crippen LogP contribution >= 0.6 is 11.6 Å². The number of amides is 2. The molecule has 2 aromatic carbocycles. The fraction of sp³-hybridized carbons (Fsp3) is 0.238. The van der Waals surface area contributed by atoms with Crippen LogP contribution in [0.2, 0.25) is 5.02 Å². The number of carbonyl (C=O) groups excluding carboxylic acids is 2. The van der Waals surface area contributed by atoms with Gasteiger partial charge in [-0.15, -0.1) is 0 Å². The molecule has 0 unspecified atom stereocenters. The number of fused-ring (bicyclic) bond motifs is 1. The van der Waals surface area contributed by atoms with Gasteiger partial charge >= 0.3 is 0 Å². The number of rotatable bonds is 3. The average Bonchev–Trinajstić information content (AvgIpc) is 2.90. The standard InChI is InChI=1S/C21H18ClNO3/c1-13-6-9-15(10-7-13)26-19-11-8-14(12-18(19)22)23-20(24)16-4-2-3-5-17(16)21(23)25/h2-3,6-12,16-17H,4-5H2,1H3/t16-,17+. The van der Waals surface area contributed by atoms with E-state index in [0.717, 1.165) is 5.56 Å². The summed E-state index contributed by atoms with van der Waals surface area (Å²) in [6.07, 6.45) is 5.19. The van der Waals surface area contributed by atoms with Crippen LogP contribution in [0.3, 0.4) is 0 Å². The second-order valence-electron chi connectivity index (χ2n) is 6.70. The third-order valence-corrected chi connectivity index (χ3v) is 5.23. The fourth-order valence-corrected chi connectivity index (χ4v) is 3.71. The van der Waals surface area contributed by atoms with Crippen LogP contribution in [-0.2, 0) is 9.59 Å². The zero-order chi connectivity index (χ0) is 18.3. The van der Waals surface area contributed by atoms with E-state index in [2.05, 4.69) is 0 Å². The monoisotopic (exact) mass is 367 g/mol. The molecule has 2 amide bonds. The predicted octanol–water partition coefficient (Wildman–Crippen LogP) is 4.90. The van der Waals surface area contributed by atoms with E-state index in [1.54, 1.807) is 18.2 Å². The molecule has 0 saturated carbocycles. The van der Waals surface area contributed by atoms with Gasteiger partial charge < -0.3 is 4.74 Å². The molecule has 1 aliphatic heterocycles. The van der Waals surface area contributed by atoms with Gasteiger partial charge in [0.1, 0.15) is 11.5 Å². The number of imide groups is 1. The summed E-state index contributed by atoms with van der Waals surface area (Å²) in [5.74, 6) is 0.359. The van der Waals surface area contributed by atoms with Gasteiger partial charge in [0.15, 0.2) is 0 Å². The van der Waals surface area contributed by atoms with E-state index in [1.165, 1.54) is 4.90 Å². The molecule has 4 nitrogen and oxygen atoms in total. The van der Waals surface area contributed by atoms with Crippen molar-refractivity contribution in [1.29, 1.82) is 0 Å². The number of carbonyl (C=O) groups is 2. The highest BCUT2D eigenvalue weighted by Crippen LogP contribution is 2.40. The Morgan fingerprint density at radius 3 is 2.15 bits per heavy atom. The first-order valence-corrected chi connectivity index (χ1v) is 8.99. The maximum atomic E-state index is 12.7. The number of aryl methyl sites for hydroxylation is 1. The molecule has 2 aliphatic rings. The quantitative estimate of drug-likeness (QED) is 0.572. The van der Waals surface area contributed by atoms with E-state index < -0.39 is 0 Å². The van der Waals surface area contributed by atoms with Gasteiger partial charge in [0.25, 0.3) is 0 Å². The fourth-order valence-electron chi connectivity index (χ4n) is 3.50. The SMILES string of the molecule is Cc1ccc(Oc2ccc(N3C(=O)[C@H]4CC=CC[C@H]4C3=O)cc2Cl)cc1. The first-order valence-electron chi connectivity index (χ1n) is 8.61. The van der Waals surface area contributed by atoms with Crippen LogP contribution in [0.4, 0.5) is 5.69 Å². The van der Waals surface area contributed by atoms with Crippen molar-refractivity contribution >= 4 is 29.1 Å². The van der Waals surface area contributed by atoms with Crippen molar-refractivity contribution < 1.29 is 14.3 Å². The van der Waals surface area contributed by atoms with Crippen LogP contribution in [-0.4, -0.2) is 11.8 Å². The predicted molar refractivity (Wildman–Crippen MR) is 101 cm³/mol. The van der Waals surface area contributed by atoms with E-state index in [0.29, 0.717) is 35.1 Å². The van der Waals surface area contributed by atoms with Gasteiger partial charge in [0.05, 0.1) is 22.5 Å². The van der Waals surface area contributed by atoms with Gasteiger partial charge in [-0.1, -0.05) is 41.4 Å². The van der Waals surface area contributed by atoms with E-state index in [4.69, 9.17) is 16.3 Å². The summed E-state index contributed by atoms with van der Waals surface area (Å²) in [5.41, 5.74) is 1.64. The Labute approximate surface area is 157 Å². The second kappa shape index (κ2) is 6.61. The number of hydrogen-bond acceptors (Lipinski definition) is 3. The van der Waals surface area contributed by atoms with Crippen molar-refractivity contribution in [2.45, 2.75) is 19.8 Å². The average molecular weight is 368 g/mol. The number of anilines is 1. The lowest BCUT2D eigenvalue weighted by molar-refractivity contribution is -0.122. The molecule has 1 heterocycles. The van der Waals surface area contributed by atoms with Crippen LogP contribution in [0.15, 0.2) is 54.6 Å². The molecular formula is C21H18ClNO3. The molecule has 0 spiro atoms. The smallest absolute Gasteiger partial charge is 0.238 e. The van der Waals surface area contributed by atoms with Crippen molar-refractivity contribution in [2.24, 2.45) is 11.8 Å². The molecule has 1 fully saturated rings. The lowest BCUT2D eigenvalue weighted by atomic mass is 9.85. The van der Waals surface area contributed by atoms with Gasteiger partial charge in [-0.3, -0.25) is 9.59 Å². The molecule has 1 saturated heterocycles. The van der Waals surface area contributed by atoms with Crippen molar-refractivity contribution in [3.8, 4) is 11.5 Å². The summed E-state index contributed by atoms with van der Waals surface area (Å²) in [5, 5.41) is 0.358. The second-order valence-corrected chi connectivity index (χ2v) is 7.10. The highest BCUT2D eigenvalue weighted by molar-refractivity contribution is 6.33. The number of allylic oxidation sites excluding steroid dienone is 2. The van der Waals surface area contributed by atoms with Crippen LogP contribution in [0.5, 0.6) is 11.5 Å². The topological polar surface area (TPSA) is 46.6 Å². The maximum absolute atomic E-state index is 12.7. The Hall–Kier alpha value is -2.59. The van der Waals surface area contributed by atoms with E-state index in [9.17, 15) is 9.59 Å². The van der Waals surface area contributed by atoms with Crippen molar-refractivity contribution in [3.05, 3.63) is 65.2 Å². The van der Waals surface area contributed by atoms with Crippen molar-refractivity contribution in [3.63, 3.8) is 0 Å². The molecule has 1 aliphatic carbocycles. The molecule has 0 N–H and O–H groups in total. The summed E-state index contributed by atoms with van der Waals surface area (Å²) < 4.78 is 5.80. The van der Waals surface area contributed by atoms with Crippen LogP contribution in [0, 0.1) is 18.8 Å². The molecule has 26 heavy (non-hydrogen) atoms. The molecule has 0 aromatic heterocycles. The van der Waals surface area contributed by atoms with E-state index in [1.807, 2.05) is 43.3 Å². The highest BCUT2D eigenvalue weighted by Gasteiger charge is 2.47. The third-order valence-electron chi connectivity index (χ3n) is 4.93. The maximum Gasteiger partial charge on any atom is 0.238 e. The molecule has 0 bridgehead atoms. The molecule has 4 rings (SSSR count). The van der Waals surface area contributed by atoms with Crippen LogP contribution in [0.25, 0.3) is 0 Å². The Balaban J connectivity index is 1.59. The van der Waals surface area contributed by atoms with Gasteiger partial charge in [-0.05, 0) is 50.1 Å². The molecule has 2 aromatic rings. The number of halogens is 1. The number of hydrogen-bond donors (Lipinski definition) is 0. The Kier molecular flexibility index (Phi) is 4.29. The van der Waals surface area contributed by atoms with Crippen molar-refractivity contribution in [1.82, 2.24) is 0 Å². The number of nitrogens with zero attached hydrogens (tertiary/aromatic N) is 1. The third kappa shape index (κ3) is 2.90. The molecule has 132 valence electrons. The summed E-state index contributed by atoms with van der Waals surface area (Å²) in [6.45, 7) is 2.00. The first kappa shape index (κ1) is 16.9. The molecule has 5 heteroatoms. The Morgan fingerprint density at radius 1 is 0.962 bits per heavy atom. The van der Waals surface area contributed by atoms with Crippen molar-refractivity contribution in [2.75, 3.05) is 4.90 Å². The zero-order valence-corrected chi connectivity index (χ0v) is 15.1. The normalized spacial score (nSPS) is 21.8. The van der Waals surface area contributed by atoms with Crippen LogP contribution < -0.4 is 9.64 Å². The Bertz CT molecular complexity index is 878. The van der Waals surface area contributed by atoms with Gasteiger partial charge in [-0.2, -0.15) is 0 Å². The summed E-state index contributed by atoms with van der Waals surface area (Å²) in [4.78, 5) is 26.6. The number of benzene rings is 2. The van der Waals surface area contributed by atoms with Gasteiger partial charge in [0.2, 0.25) is 11.8 Å². The molecule has 0 radical (unpaired) electrons. The molecular weight excluding hydrogens is 350 g/mol. The van der Waals surface area contributed by atoms with E-state index >= 15 is 0 Å².